The van der Waals surface area contributed by atoms with Gasteiger partial charge >= 0.3 is 0 Å². The summed E-state index contributed by atoms with van der Waals surface area (Å²) in [6.45, 7) is 12.6. The molecule has 0 aliphatic carbocycles. The lowest BCUT2D eigenvalue weighted by atomic mass is 10.1. The van der Waals surface area contributed by atoms with Crippen LogP contribution in [0.2, 0.25) is 0 Å². The second kappa shape index (κ2) is 9.40. The van der Waals surface area contributed by atoms with Gasteiger partial charge in [-0.25, -0.2) is 0 Å². The van der Waals surface area contributed by atoms with Crippen molar-refractivity contribution in [3.05, 3.63) is 35.4 Å². The minimum atomic E-state index is 0.497. The Morgan fingerprint density at radius 3 is 2.43 bits per heavy atom. The molecule has 0 aromatic heterocycles. The average Bonchev–Trinajstić information content (AvgIpc) is 2.50. The van der Waals surface area contributed by atoms with E-state index < -0.39 is 0 Å². The van der Waals surface area contributed by atoms with Crippen molar-refractivity contribution in [2.75, 3.05) is 26.7 Å². The van der Waals surface area contributed by atoms with E-state index in [0.717, 1.165) is 32.1 Å². The quantitative estimate of drug-likeness (QED) is 0.598. The van der Waals surface area contributed by atoms with Gasteiger partial charge in [-0.1, -0.05) is 38.1 Å². The van der Waals surface area contributed by atoms with Crippen molar-refractivity contribution in [3.63, 3.8) is 0 Å². The zero-order chi connectivity index (χ0) is 15.7. The van der Waals surface area contributed by atoms with E-state index in [4.69, 9.17) is 0 Å². The van der Waals surface area contributed by atoms with Gasteiger partial charge in [-0.15, -0.1) is 0 Å². The number of likely N-dealkylation sites (N-methyl/N-ethyl adjacent to an activating group) is 1. The summed E-state index contributed by atoms with van der Waals surface area (Å²) in [6.07, 6.45) is 0. The Bertz CT molecular complexity index is 438. The fraction of sp³-hybridized carbons (Fsp3) is 0.588. The first-order valence-corrected chi connectivity index (χ1v) is 7.85. The molecule has 1 aromatic carbocycles. The van der Waals surface area contributed by atoms with Crippen molar-refractivity contribution in [2.24, 2.45) is 4.99 Å². The molecule has 0 spiro atoms. The molecular weight excluding hydrogens is 260 g/mol. The van der Waals surface area contributed by atoms with Crippen LogP contribution in [0.1, 0.15) is 31.9 Å². The smallest absolute Gasteiger partial charge is 0.191 e. The van der Waals surface area contributed by atoms with Gasteiger partial charge in [0.1, 0.15) is 0 Å². The van der Waals surface area contributed by atoms with Gasteiger partial charge in [0, 0.05) is 26.2 Å². The molecule has 0 amide bonds. The fourth-order valence-electron chi connectivity index (χ4n) is 2.43. The Kier molecular flexibility index (Phi) is 7.83. The lowest BCUT2D eigenvalue weighted by molar-refractivity contribution is 0.231. The van der Waals surface area contributed by atoms with E-state index in [1.807, 2.05) is 7.05 Å². The number of nitrogens with zero attached hydrogens (tertiary/aromatic N) is 2. The van der Waals surface area contributed by atoms with E-state index in [1.54, 1.807) is 0 Å². The number of rotatable bonds is 7. The number of benzene rings is 1. The number of hydrogen-bond acceptors (Lipinski definition) is 2. The summed E-state index contributed by atoms with van der Waals surface area (Å²) in [5, 5.41) is 6.78. The van der Waals surface area contributed by atoms with Crippen LogP contribution >= 0.6 is 0 Å². The zero-order valence-corrected chi connectivity index (χ0v) is 14.1. The second-order valence-corrected chi connectivity index (χ2v) is 5.30. The lowest BCUT2D eigenvalue weighted by Crippen LogP contribution is -2.45. The Labute approximate surface area is 129 Å². The predicted molar refractivity (Wildman–Crippen MR) is 91.8 cm³/mol. The number of guanidine groups is 1. The monoisotopic (exact) mass is 290 g/mol. The molecule has 4 heteroatoms. The van der Waals surface area contributed by atoms with Gasteiger partial charge in [0.2, 0.25) is 0 Å². The third-order valence-corrected chi connectivity index (χ3v) is 3.93. The van der Waals surface area contributed by atoms with Gasteiger partial charge in [0.15, 0.2) is 5.96 Å². The Hall–Kier alpha value is -1.55. The first-order valence-electron chi connectivity index (χ1n) is 7.85. The van der Waals surface area contributed by atoms with Crippen molar-refractivity contribution in [3.8, 4) is 0 Å². The molecule has 1 atom stereocenters. The maximum atomic E-state index is 4.29. The molecule has 1 aromatic rings. The molecule has 1 unspecified atom stereocenters. The number of hydrogen-bond donors (Lipinski definition) is 2. The van der Waals surface area contributed by atoms with Crippen LogP contribution in [-0.2, 0) is 6.54 Å². The third-order valence-electron chi connectivity index (χ3n) is 3.93. The molecule has 0 aliphatic heterocycles. The summed E-state index contributed by atoms with van der Waals surface area (Å²) in [5.74, 6) is 0.859. The summed E-state index contributed by atoms with van der Waals surface area (Å²) in [6, 6.07) is 8.92. The van der Waals surface area contributed by atoms with Crippen LogP contribution in [0.25, 0.3) is 0 Å². The third kappa shape index (κ3) is 5.76. The van der Waals surface area contributed by atoms with E-state index in [1.165, 1.54) is 11.1 Å². The van der Waals surface area contributed by atoms with Crippen molar-refractivity contribution in [1.82, 2.24) is 15.5 Å². The van der Waals surface area contributed by atoms with Gasteiger partial charge in [-0.05, 0) is 38.1 Å². The largest absolute Gasteiger partial charge is 0.355 e. The highest BCUT2D eigenvalue weighted by molar-refractivity contribution is 5.79. The fourth-order valence-corrected chi connectivity index (χ4v) is 2.43. The van der Waals surface area contributed by atoms with E-state index in [9.17, 15) is 0 Å². The molecule has 0 radical (unpaired) electrons. The minimum Gasteiger partial charge on any atom is -0.355 e. The molecular formula is C17H30N4. The molecule has 118 valence electrons. The standard InChI is InChI=1S/C17H30N4/c1-6-21(7-2)15(4)12-19-17(18-5)20-13-16-11-9-8-10-14(16)3/h8-11,15H,6-7,12-13H2,1-5H3,(H2,18,19,20). The van der Waals surface area contributed by atoms with Gasteiger partial charge < -0.3 is 10.6 Å². The molecule has 0 heterocycles. The van der Waals surface area contributed by atoms with Gasteiger partial charge in [-0.3, -0.25) is 9.89 Å². The van der Waals surface area contributed by atoms with Crippen molar-refractivity contribution in [2.45, 2.75) is 40.3 Å². The molecule has 2 N–H and O–H groups in total. The highest BCUT2D eigenvalue weighted by atomic mass is 15.2. The summed E-state index contributed by atoms with van der Waals surface area (Å²) in [5.41, 5.74) is 2.61. The van der Waals surface area contributed by atoms with E-state index >= 15 is 0 Å². The second-order valence-electron chi connectivity index (χ2n) is 5.30. The molecule has 1 rings (SSSR count). The highest BCUT2D eigenvalue weighted by Gasteiger charge is 2.10. The average molecular weight is 290 g/mol. The van der Waals surface area contributed by atoms with Crippen LogP contribution in [0.5, 0.6) is 0 Å². The first kappa shape index (κ1) is 17.5. The number of nitrogens with one attached hydrogen (secondary N) is 2. The van der Waals surface area contributed by atoms with Crippen molar-refractivity contribution < 1.29 is 0 Å². The molecule has 21 heavy (non-hydrogen) atoms. The van der Waals surface area contributed by atoms with Crippen LogP contribution in [0.3, 0.4) is 0 Å². The number of aryl methyl sites for hydroxylation is 1. The van der Waals surface area contributed by atoms with Gasteiger partial charge in [0.05, 0.1) is 0 Å². The Morgan fingerprint density at radius 2 is 1.86 bits per heavy atom. The highest BCUT2D eigenvalue weighted by Crippen LogP contribution is 2.05. The Balaban J connectivity index is 2.44. The molecule has 0 saturated heterocycles. The summed E-state index contributed by atoms with van der Waals surface area (Å²) < 4.78 is 0. The van der Waals surface area contributed by atoms with Gasteiger partial charge in [-0.2, -0.15) is 0 Å². The summed E-state index contributed by atoms with van der Waals surface area (Å²) in [7, 11) is 1.81. The SMILES string of the molecule is CCN(CC)C(C)CNC(=NC)NCc1ccccc1C. The topological polar surface area (TPSA) is 39.7 Å². The first-order chi connectivity index (χ1) is 10.1. The molecule has 0 bridgehead atoms. The van der Waals surface area contributed by atoms with Crippen LogP contribution < -0.4 is 10.6 Å². The van der Waals surface area contributed by atoms with Crippen molar-refractivity contribution in [1.29, 1.82) is 0 Å². The molecule has 0 saturated carbocycles. The van der Waals surface area contributed by atoms with Crippen LogP contribution in [0, 0.1) is 6.92 Å². The minimum absolute atomic E-state index is 0.497. The van der Waals surface area contributed by atoms with Crippen LogP contribution in [0.4, 0.5) is 0 Å². The molecule has 4 nitrogen and oxygen atoms in total. The Morgan fingerprint density at radius 1 is 1.19 bits per heavy atom. The molecule has 0 fully saturated rings. The summed E-state index contributed by atoms with van der Waals surface area (Å²) in [4.78, 5) is 6.72. The van der Waals surface area contributed by atoms with Crippen LogP contribution in [0.15, 0.2) is 29.3 Å². The van der Waals surface area contributed by atoms with E-state index in [0.29, 0.717) is 6.04 Å². The lowest BCUT2D eigenvalue weighted by Gasteiger charge is -2.27. The molecule has 0 aliphatic rings. The normalized spacial score (nSPS) is 13.3. The van der Waals surface area contributed by atoms with Crippen LogP contribution in [-0.4, -0.2) is 43.6 Å². The van der Waals surface area contributed by atoms with Gasteiger partial charge in [0.25, 0.3) is 0 Å². The predicted octanol–water partition coefficient (Wildman–Crippen LogP) is 2.39. The zero-order valence-electron chi connectivity index (χ0n) is 14.1. The summed E-state index contributed by atoms with van der Waals surface area (Å²) >= 11 is 0. The van der Waals surface area contributed by atoms with E-state index in [2.05, 4.69) is 72.5 Å². The maximum Gasteiger partial charge on any atom is 0.191 e. The number of aliphatic imine (C=N–C) groups is 1. The van der Waals surface area contributed by atoms with Crippen molar-refractivity contribution >= 4 is 5.96 Å². The van der Waals surface area contributed by atoms with E-state index in [-0.39, 0.29) is 0 Å². The maximum absolute atomic E-state index is 4.29.